The first-order valence-corrected chi connectivity index (χ1v) is 8.97. The predicted molar refractivity (Wildman–Crippen MR) is 94.1 cm³/mol. The fourth-order valence-corrected chi connectivity index (χ4v) is 4.71. The van der Waals surface area contributed by atoms with Gasteiger partial charge in [-0.15, -0.1) is 0 Å². The average molecular weight is 342 g/mol. The third kappa shape index (κ3) is 2.12. The van der Waals surface area contributed by atoms with Crippen LogP contribution in [0.25, 0.3) is 21.8 Å². The van der Waals surface area contributed by atoms with Crippen molar-refractivity contribution in [2.45, 2.75) is 32.2 Å². The lowest BCUT2D eigenvalue weighted by Crippen LogP contribution is -2.25. The van der Waals surface area contributed by atoms with Crippen LogP contribution in [0.15, 0.2) is 48.5 Å². The van der Waals surface area contributed by atoms with Gasteiger partial charge >= 0.3 is 0 Å². The number of benzene rings is 2. The van der Waals surface area contributed by atoms with Crippen LogP contribution in [0, 0.1) is 5.41 Å². The van der Waals surface area contributed by atoms with E-state index in [0.29, 0.717) is 5.41 Å². The van der Waals surface area contributed by atoms with Crippen LogP contribution in [0.4, 0.5) is 0 Å². The Balaban J connectivity index is 1.93. The fourth-order valence-electron chi connectivity index (χ4n) is 3.97. The fraction of sp³-hybridized carbons (Fsp3) is 0.368. The lowest BCUT2D eigenvalue weighted by Gasteiger charge is -2.28. The number of para-hydroxylation sites is 2. The second kappa shape index (κ2) is 5.17. The number of alkyl halides is 1. The number of aromatic nitrogens is 1. The molecule has 0 unspecified atom stereocenters. The van der Waals surface area contributed by atoms with Crippen molar-refractivity contribution in [3.63, 3.8) is 0 Å². The van der Waals surface area contributed by atoms with E-state index in [1.165, 1.54) is 47.5 Å². The van der Waals surface area contributed by atoms with Crippen molar-refractivity contribution < 1.29 is 0 Å². The van der Waals surface area contributed by atoms with Gasteiger partial charge in [-0.2, -0.15) is 0 Å². The summed E-state index contributed by atoms with van der Waals surface area (Å²) in [4.78, 5) is 0. The second-order valence-corrected chi connectivity index (χ2v) is 7.02. The van der Waals surface area contributed by atoms with E-state index in [4.69, 9.17) is 0 Å². The molecule has 0 atom stereocenters. The maximum atomic E-state index is 3.79. The number of hydrogen-bond acceptors (Lipinski definition) is 0. The molecule has 1 fully saturated rings. The van der Waals surface area contributed by atoms with Crippen molar-refractivity contribution in [3.05, 3.63) is 48.5 Å². The maximum absolute atomic E-state index is 3.79. The Labute approximate surface area is 134 Å². The van der Waals surface area contributed by atoms with Gasteiger partial charge in [0.15, 0.2) is 0 Å². The van der Waals surface area contributed by atoms with E-state index in [1.54, 1.807) is 0 Å². The molecule has 4 rings (SSSR count). The number of hydrogen-bond donors (Lipinski definition) is 0. The SMILES string of the molecule is BrCC1(Cn2c3ccccc3c3ccccc32)CCCC1. The predicted octanol–water partition coefficient (Wildman–Crippen LogP) is 5.75. The molecule has 1 saturated carbocycles. The third-order valence-corrected chi connectivity index (χ3v) is 6.31. The van der Waals surface area contributed by atoms with Crippen LogP contribution in [0.2, 0.25) is 0 Å². The van der Waals surface area contributed by atoms with Crippen molar-refractivity contribution in [3.8, 4) is 0 Å². The van der Waals surface area contributed by atoms with E-state index in [-0.39, 0.29) is 0 Å². The Bertz CT molecular complexity index is 727. The quantitative estimate of drug-likeness (QED) is 0.534. The molecule has 0 aliphatic heterocycles. The highest BCUT2D eigenvalue weighted by Crippen LogP contribution is 2.43. The van der Waals surface area contributed by atoms with Crippen molar-refractivity contribution in [1.82, 2.24) is 4.57 Å². The van der Waals surface area contributed by atoms with Gasteiger partial charge in [-0.05, 0) is 30.4 Å². The first-order valence-electron chi connectivity index (χ1n) is 7.85. The zero-order chi connectivity index (χ0) is 14.3. The maximum Gasteiger partial charge on any atom is 0.0491 e. The highest BCUT2D eigenvalue weighted by Gasteiger charge is 2.33. The van der Waals surface area contributed by atoms with Crippen molar-refractivity contribution in [1.29, 1.82) is 0 Å². The topological polar surface area (TPSA) is 4.93 Å². The minimum absolute atomic E-state index is 0.435. The van der Waals surface area contributed by atoms with Crippen molar-refractivity contribution in [2.75, 3.05) is 5.33 Å². The summed E-state index contributed by atoms with van der Waals surface area (Å²) in [6.07, 6.45) is 5.45. The van der Waals surface area contributed by atoms with Gasteiger partial charge < -0.3 is 4.57 Å². The summed E-state index contributed by atoms with van der Waals surface area (Å²) < 4.78 is 2.55. The molecule has 3 aromatic rings. The molecule has 2 aromatic carbocycles. The molecule has 1 aliphatic carbocycles. The van der Waals surface area contributed by atoms with Crippen LogP contribution in [0.5, 0.6) is 0 Å². The van der Waals surface area contributed by atoms with Crippen LogP contribution in [0.3, 0.4) is 0 Å². The Morgan fingerprint density at radius 1 is 0.857 bits per heavy atom. The molecule has 0 bridgehead atoms. The Kier molecular flexibility index (Phi) is 3.30. The van der Waals surface area contributed by atoms with Gasteiger partial charge in [0.1, 0.15) is 0 Å². The van der Waals surface area contributed by atoms with E-state index in [9.17, 15) is 0 Å². The largest absolute Gasteiger partial charge is 0.340 e. The summed E-state index contributed by atoms with van der Waals surface area (Å²) in [6, 6.07) is 17.7. The molecule has 1 aromatic heterocycles. The Morgan fingerprint density at radius 2 is 1.38 bits per heavy atom. The molecule has 1 nitrogen and oxygen atoms in total. The summed E-state index contributed by atoms with van der Waals surface area (Å²) in [5.74, 6) is 0. The standard InChI is InChI=1S/C19H20BrN/c20-13-19(11-5-6-12-19)14-21-17-9-3-1-7-15(17)16-8-2-4-10-18(16)21/h1-4,7-10H,5-6,11-14H2. The van der Waals surface area contributed by atoms with Gasteiger partial charge in [-0.25, -0.2) is 0 Å². The minimum Gasteiger partial charge on any atom is -0.340 e. The van der Waals surface area contributed by atoms with Crippen LogP contribution >= 0.6 is 15.9 Å². The molecular weight excluding hydrogens is 322 g/mol. The average Bonchev–Trinajstić information content (AvgIpc) is 3.13. The molecule has 1 heterocycles. The van der Waals surface area contributed by atoms with Gasteiger partial charge in [0, 0.05) is 33.7 Å². The van der Waals surface area contributed by atoms with Crippen molar-refractivity contribution >= 4 is 37.7 Å². The molecule has 21 heavy (non-hydrogen) atoms. The Morgan fingerprint density at radius 3 is 1.90 bits per heavy atom. The van der Waals surface area contributed by atoms with E-state index in [0.717, 1.165) is 11.9 Å². The normalized spacial score (nSPS) is 17.8. The van der Waals surface area contributed by atoms with Gasteiger partial charge in [0.25, 0.3) is 0 Å². The lowest BCUT2D eigenvalue weighted by atomic mass is 9.88. The van der Waals surface area contributed by atoms with Gasteiger partial charge in [0.05, 0.1) is 0 Å². The molecule has 0 amide bonds. The first kappa shape index (κ1) is 13.4. The smallest absolute Gasteiger partial charge is 0.0491 e. The lowest BCUT2D eigenvalue weighted by molar-refractivity contribution is 0.300. The highest BCUT2D eigenvalue weighted by molar-refractivity contribution is 9.09. The number of rotatable bonds is 3. The zero-order valence-electron chi connectivity index (χ0n) is 12.2. The van der Waals surface area contributed by atoms with Crippen molar-refractivity contribution in [2.24, 2.45) is 5.41 Å². The summed E-state index contributed by atoms with van der Waals surface area (Å²) in [5, 5.41) is 3.88. The summed E-state index contributed by atoms with van der Waals surface area (Å²) in [5.41, 5.74) is 3.20. The number of fused-ring (bicyclic) bond motifs is 3. The van der Waals surface area contributed by atoms with E-state index in [1.807, 2.05) is 0 Å². The monoisotopic (exact) mass is 341 g/mol. The highest BCUT2D eigenvalue weighted by atomic mass is 79.9. The summed E-state index contributed by atoms with van der Waals surface area (Å²) in [6.45, 7) is 1.13. The molecule has 0 radical (unpaired) electrons. The summed E-state index contributed by atoms with van der Waals surface area (Å²) >= 11 is 3.79. The van der Waals surface area contributed by atoms with Crippen LogP contribution in [0.1, 0.15) is 25.7 Å². The summed E-state index contributed by atoms with van der Waals surface area (Å²) in [7, 11) is 0. The van der Waals surface area contributed by atoms with E-state index < -0.39 is 0 Å². The van der Waals surface area contributed by atoms with E-state index in [2.05, 4.69) is 69.0 Å². The molecule has 108 valence electrons. The third-order valence-electron chi connectivity index (χ3n) is 5.12. The molecular formula is C19H20BrN. The second-order valence-electron chi connectivity index (χ2n) is 6.46. The number of nitrogens with zero attached hydrogens (tertiary/aromatic N) is 1. The minimum atomic E-state index is 0.435. The molecule has 0 spiro atoms. The zero-order valence-corrected chi connectivity index (χ0v) is 13.8. The first-order chi connectivity index (χ1) is 10.3. The molecule has 0 N–H and O–H groups in total. The van der Waals surface area contributed by atoms with Gasteiger partial charge in [-0.1, -0.05) is 65.2 Å². The molecule has 2 heteroatoms. The molecule has 1 aliphatic rings. The van der Waals surface area contributed by atoms with Gasteiger partial charge in [0.2, 0.25) is 0 Å². The van der Waals surface area contributed by atoms with Crippen LogP contribution < -0.4 is 0 Å². The van der Waals surface area contributed by atoms with Gasteiger partial charge in [-0.3, -0.25) is 0 Å². The number of halogens is 1. The molecule has 0 saturated heterocycles. The van der Waals surface area contributed by atoms with Crippen LogP contribution in [-0.2, 0) is 6.54 Å². The van der Waals surface area contributed by atoms with Crippen LogP contribution in [-0.4, -0.2) is 9.90 Å². The van der Waals surface area contributed by atoms with E-state index >= 15 is 0 Å². The Hall–Kier alpha value is -1.28.